The Labute approximate surface area is 832 Å². The number of amides is 3. The van der Waals surface area contributed by atoms with Gasteiger partial charge in [0.15, 0.2) is 27.7 Å². The number of para-hydroxylation sites is 4. The minimum atomic E-state index is -0.568. The van der Waals surface area contributed by atoms with Crippen molar-refractivity contribution in [3.63, 3.8) is 0 Å². The summed E-state index contributed by atoms with van der Waals surface area (Å²) in [6, 6.07) is 65.4. The van der Waals surface area contributed by atoms with Crippen molar-refractivity contribution in [2.24, 2.45) is 5.73 Å². The number of primary amides is 1. The zero-order valence-corrected chi connectivity index (χ0v) is 80.3. The number of carbonyl (C=O) groups is 3. The van der Waals surface area contributed by atoms with Crippen LogP contribution in [0.1, 0.15) is 111 Å². The van der Waals surface area contributed by atoms with Crippen LogP contribution in [0.4, 0.5) is 61.8 Å². The summed E-state index contributed by atoms with van der Waals surface area (Å²) in [5.41, 5.74) is 48.5. The van der Waals surface area contributed by atoms with Crippen LogP contribution >= 0.6 is 11.3 Å². The first-order chi connectivity index (χ1) is 70.7. The van der Waals surface area contributed by atoms with E-state index in [0.29, 0.717) is 126 Å². The van der Waals surface area contributed by atoms with Crippen LogP contribution in [-0.2, 0) is 29.2 Å². The van der Waals surface area contributed by atoms with Crippen molar-refractivity contribution in [2.45, 2.75) is 97.8 Å². The van der Waals surface area contributed by atoms with Crippen molar-refractivity contribution < 1.29 is 23.9 Å². The van der Waals surface area contributed by atoms with E-state index >= 15 is 0 Å². The van der Waals surface area contributed by atoms with Gasteiger partial charge in [0.2, 0.25) is 17.7 Å². The first-order valence-corrected chi connectivity index (χ1v) is 48.9. The number of fused-ring (bicyclic) bond motifs is 9. The predicted molar refractivity (Wildman–Crippen MR) is 566 cm³/mol. The summed E-state index contributed by atoms with van der Waals surface area (Å²) in [5, 5.41) is 42.7. The molecule has 4 fully saturated rings. The number of phenolic OH excluding ortho intramolecular Hbond substituents is 1. The van der Waals surface area contributed by atoms with E-state index in [2.05, 4.69) is 136 Å². The Hall–Kier alpha value is -18.0. The molecular formula is C107H99FN32O4S. The number of rotatable bonds is 19. The fourth-order valence-electron chi connectivity index (χ4n) is 19.9. The van der Waals surface area contributed by atoms with Crippen LogP contribution in [0.15, 0.2) is 232 Å². The lowest BCUT2D eigenvalue weighted by Crippen LogP contribution is -2.23. The first kappa shape index (κ1) is 92.1. The summed E-state index contributed by atoms with van der Waals surface area (Å²) in [4.78, 5) is 104. The lowest BCUT2D eigenvalue weighted by Gasteiger charge is -2.24. The van der Waals surface area contributed by atoms with Gasteiger partial charge in [0, 0.05) is 150 Å². The number of carbonyl (C=O) groups excluding carboxylic acids is 3. The van der Waals surface area contributed by atoms with E-state index in [4.69, 9.17) is 69.0 Å². The van der Waals surface area contributed by atoms with Gasteiger partial charge < -0.3 is 64.0 Å². The van der Waals surface area contributed by atoms with Gasteiger partial charge in [-0.25, -0.2) is 87.9 Å². The van der Waals surface area contributed by atoms with E-state index in [9.17, 15) is 23.9 Å². The average Bonchev–Trinajstić information content (AvgIpc) is 1.61. The third kappa shape index (κ3) is 18.6. The summed E-state index contributed by atoms with van der Waals surface area (Å²) >= 11 is 1.42. The van der Waals surface area contributed by atoms with E-state index in [1.807, 2.05) is 130 Å². The monoisotopic (exact) mass is 1950 g/mol. The van der Waals surface area contributed by atoms with Gasteiger partial charge in [-0.3, -0.25) is 14.4 Å². The number of hydrogen-bond donors (Lipinski definition) is 8. The summed E-state index contributed by atoms with van der Waals surface area (Å²) in [6.45, 7) is 14.3. The van der Waals surface area contributed by atoms with Crippen LogP contribution in [0.5, 0.6) is 5.75 Å². The van der Waals surface area contributed by atoms with Gasteiger partial charge in [-0.15, -0.1) is 0 Å². The van der Waals surface area contributed by atoms with Crippen LogP contribution < -0.4 is 58.9 Å². The molecule has 3 amide bonds. The molecule has 0 saturated carbocycles. The van der Waals surface area contributed by atoms with E-state index in [0.717, 1.165) is 226 Å². The van der Waals surface area contributed by atoms with Gasteiger partial charge in [0.05, 0.1) is 79.5 Å². The maximum atomic E-state index is 14.1. The lowest BCUT2D eigenvalue weighted by atomic mass is 10.1. The molecule has 4 saturated heterocycles. The molecule has 36 nitrogen and oxygen atoms in total. The largest absolute Gasteiger partial charge is 0.508 e. The number of nitrogens with one attached hydrogen (secondary N) is 2. The number of thiazole rings is 1. The Morgan fingerprint density at radius 1 is 0.386 bits per heavy atom. The molecule has 1 unspecified atom stereocenters. The molecule has 13 aromatic heterocycles. The zero-order chi connectivity index (χ0) is 99.2. The number of benzene rings is 8. The van der Waals surface area contributed by atoms with Crippen LogP contribution in [0.2, 0.25) is 0 Å². The number of phenols is 1. The van der Waals surface area contributed by atoms with Crippen LogP contribution in [-0.4, -0.2) is 179 Å². The van der Waals surface area contributed by atoms with Crippen LogP contribution in [0, 0.1) is 5.82 Å². The first-order valence-electron chi connectivity index (χ1n) is 48.1. The highest BCUT2D eigenvalue weighted by Gasteiger charge is 2.32. The van der Waals surface area contributed by atoms with Gasteiger partial charge in [-0.05, 0) is 155 Å². The Morgan fingerprint density at radius 2 is 0.772 bits per heavy atom. The molecule has 4 aliphatic heterocycles. The molecule has 8 aromatic carbocycles. The third-order valence-corrected chi connectivity index (χ3v) is 27.6. The second-order valence-electron chi connectivity index (χ2n) is 36.5. The predicted octanol–water partition coefficient (Wildman–Crippen LogP) is 17.1. The second kappa shape index (κ2) is 39.3. The lowest BCUT2D eigenvalue weighted by molar-refractivity contribution is -0.115. The van der Waals surface area contributed by atoms with Gasteiger partial charge in [0.1, 0.15) is 106 Å². The van der Waals surface area contributed by atoms with E-state index in [1.54, 1.807) is 22.9 Å². The molecule has 17 heterocycles. The molecule has 38 heteroatoms. The van der Waals surface area contributed by atoms with Gasteiger partial charge in [-0.2, -0.15) is 20.4 Å². The Kier molecular flexibility index (Phi) is 24.9. The maximum absolute atomic E-state index is 14.1. The highest BCUT2D eigenvalue weighted by atomic mass is 32.1. The minimum absolute atomic E-state index is 0.136. The fourth-order valence-corrected chi connectivity index (χ4v) is 20.8. The molecule has 0 bridgehead atoms. The highest BCUT2D eigenvalue weighted by Crippen LogP contribution is 2.43. The molecule has 21 aromatic rings. The van der Waals surface area contributed by atoms with Crippen molar-refractivity contribution >= 4 is 184 Å². The number of anilines is 10. The second-order valence-corrected chi connectivity index (χ2v) is 37.5. The number of pyridine rings is 4. The molecule has 0 radical (unpaired) electrons. The van der Waals surface area contributed by atoms with E-state index < -0.39 is 11.7 Å². The molecule has 145 heavy (non-hydrogen) atoms. The van der Waals surface area contributed by atoms with Crippen molar-refractivity contribution in [3.8, 4) is 50.8 Å². The van der Waals surface area contributed by atoms with Gasteiger partial charge in [0.25, 0.3) is 0 Å². The van der Waals surface area contributed by atoms with Crippen LogP contribution in [0.3, 0.4) is 0 Å². The number of nitrogens with zero attached hydrogens (tertiary/aromatic N) is 25. The number of halogens is 1. The van der Waals surface area contributed by atoms with Gasteiger partial charge in [-0.1, -0.05) is 114 Å². The number of aromatic nitrogens is 21. The Bertz CT molecular complexity index is 8620. The van der Waals surface area contributed by atoms with Crippen molar-refractivity contribution in [3.05, 3.63) is 265 Å². The van der Waals surface area contributed by atoms with E-state index in [-0.39, 0.29) is 29.4 Å². The summed E-state index contributed by atoms with van der Waals surface area (Å²) < 4.78 is 22.5. The Balaban J connectivity index is 0.000000110. The molecule has 13 N–H and O–H groups in total. The molecule has 4 aliphatic rings. The third-order valence-electron chi connectivity index (χ3n) is 26.6. The van der Waals surface area contributed by atoms with Crippen LogP contribution in [0.25, 0.3) is 143 Å². The Morgan fingerprint density at radius 3 is 1.21 bits per heavy atom. The highest BCUT2D eigenvalue weighted by molar-refractivity contribution is 7.22. The quantitative estimate of drug-likeness (QED) is 0.0373. The molecule has 724 valence electrons. The molecule has 0 spiro atoms. The summed E-state index contributed by atoms with van der Waals surface area (Å²) in [6.07, 6.45) is 15.0. The summed E-state index contributed by atoms with van der Waals surface area (Å²) in [5.74, 6) is 3.66. The molecule has 1 atom stereocenters. The average molecular weight is 1950 g/mol. The minimum Gasteiger partial charge on any atom is -0.508 e. The normalized spacial score (nSPS) is 13.9. The van der Waals surface area contributed by atoms with Gasteiger partial charge >= 0.3 is 0 Å². The standard InChI is InChI=1S/C28H25N9OS.C27H26N8O.C26H24FN7O.C26H24N8O/c1-16(38)32-28-34-21-9-8-18(13-22(21)39-28)24-23-25(29)30-15-31-27(23)37(35-24)14-19-12-17-6-2-3-7-20(17)33-26(19)36-10-4-5-11-36;1-17(36)31-21-9-6-8-19(14-21)24-23-25(28)29-16-30-27(23)35(33-24)15-20-13-18-7-2-3-10-22(18)32-26(20)34-11-4-5-12-34;1-15(20-12-16-6-2-3-7-21(16)31-25(20)33-8-4-5-9-33)34-26-22(24(28)29-14-30-26)23(32-34)17-10-18(27)13-19(35)11-17;27-23-21-22(17-7-5-8-18(13-17)24(28)35)32-34(26(21)30-15-29-23)14-19-12-16-6-1-2-9-20(16)31-25(19)33-10-3-4-11-33/h2-3,6-9,12-13,15H,4-5,10-11,14H2,1H3,(H2,29,30,31)(H,32,34,38);2-3,6-10,13-14,16H,4-5,11-12,15H2,1H3,(H,31,36)(H2,28,29,30);2-3,6-7,10-15,35H,4-5,8-9H2,1H3,(H2,28,29,30);1-2,5-9,12-13,15H,3-4,10-11,14H2,(H2,28,35)(H2,27,29,30). The molecule has 25 rings (SSSR count). The number of nitrogens with two attached hydrogens (primary N) is 5. The SMILES string of the molecule is CC(=O)Nc1cccc(-c2nn(Cc3cc4ccccc4nc3N3CCCC3)c3ncnc(N)c23)c1.CC(=O)Nc1nc2ccc(-c3nn(Cc4cc5ccccc5nc4N4CCCC4)c4ncnc(N)c34)cc2s1.CC(c1cc2ccccc2nc1N1CCCC1)n1nc(-c2cc(O)cc(F)c2)c2c(N)ncnc21.NC(=O)c1cccc(-c2nn(Cc3cc4ccccc4nc3N3CCCC3)c3ncnc(N)c23)c1. The summed E-state index contributed by atoms with van der Waals surface area (Å²) in [7, 11) is 0. The van der Waals surface area contributed by atoms with Crippen molar-refractivity contribution in [2.75, 3.05) is 106 Å². The van der Waals surface area contributed by atoms with Crippen molar-refractivity contribution in [1.82, 2.24) is 104 Å². The molecule has 0 aliphatic carbocycles. The maximum Gasteiger partial charge on any atom is 0.248 e. The smallest absolute Gasteiger partial charge is 0.248 e. The van der Waals surface area contributed by atoms with Crippen molar-refractivity contribution in [1.29, 1.82) is 0 Å². The topological polar surface area (TPSA) is 477 Å². The number of aromatic hydroxyl groups is 1. The molecular weight excluding hydrogens is 1850 g/mol. The van der Waals surface area contributed by atoms with E-state index in [1.165, 1.54) is 62.6 Å². The zero-order valence-electron chi connectivity index (χ0n) is 79.5. The fraction of sp³-hybridized carbons (Fsp3) is 0.215. The number of hydrogen-bond acceptors (Lipinski definition) is 30. The number of nitrogen functional groups attached to an aromatic ring is 4.